The van der Waals surface area contributed by atoms with Crippen molar-refractivity contribution in [2.24, 2.45) is 0 Å². The standard InChI is InChI=1S/C16H31N3/c1-2-9-18-10-5-14(6-11-18)17-15-7-12-19(13-8-15)16-3-4-16/h14-17H,2-13H2,1H3. The third kappa shape index (κ3) is 3.93. The predicted molar refractivity (Wildman–Crippen MR) is 80.5 cm³/mol. The van der Waals surface area contributed by atoms with E-state index < -0.39 is 0 Å². The number of rotatable bonds is 5. The molecule has 0 bridgehead atoms. The van der Waals surface area contributed by atoms with Crippen LogP contribution in [-0.4, -0.2) is 60.6 Å². The van der Waals surface area contributed by atoms with Crippen molar-refractivity contribution in [2.75, 3.05) is 32.7 Å². The zero-order chi connectivity index (χ0) is 13.1. The monoisotopic (exact) mass is 265 g/mol. The molecule has 3 aliphatic rings. The van der Waals surface area contributed by atoms with Crippen LogP contribution in [-0.2, 0) is 0 Å². The Morgan fingerprint density at radius 3 is 1.95 bits per heavy atom. The third-order valence-electron chi connectivity index (χ3n) is 5.19. The highest BCUT2D eigenvalue weighted by molar-refractivity contribution is 4.90. The lowest BCUT2D eigenvalue weighted by Gasteiger charge is -2.37. The van der Waals surface area contributed by atoms with Crippen LogP contribution in [0.3, 0.4) is 0 Å². The van der Waals surface area contributed by atoms with Crippen LogP contribution >= 0.6 is 0 Å². The molecule has 2 saturated heterocycles. The molecule has 2 heterocycles. The number of piperidine rings is 2. The molecule has 0 amide bonds. The lowest BCUT2D eigenvalue weighted by atomic mass is 9.99. The number of likely N-dealkylation sites (tertiary alicyclic amines) is 2. The van der Waals surface area contributed by atoms with Crippen LogP contribution in [0.15, 0.2) is 0 Å². The smallest absolute Gasteiger partial charge is 0.00964 e. The molecule has 1 saturated carbocycles. The van der Waals surface area contributed by atoms with Crippen LogP contribution in [0.4, 0.5) is 0 Å². The third-order valence-corrected chi connectivity index (χ3v) is 5.19. The summed E-state index contributed by atoms with van der Waals surface area (Å²) in [5.74, 6) is 0. The Bertz CT molecular complexity index is 261. The largest absolute Gasteiger partial charge is 0.311 e. The van der Waals surface area contributed by atoms with Gasteiger partial charge in [0.2, 0.25) is 0 Å². The maximum Gasteiger partial charge on any atom is 0.00964 e. The SMILES string of the molecule is CCCN1CCC(NC2CCN(C3CC3)CC2)CC1. The highest BCUT2D eigenvalue weighted by Crippen LogP contribution is 2.29. The maximum absolute atomic E-state index is 3.95. The van der Waals surface area contributed by atoms with Crippen LogP contribution in [0.5, 0.6) is 0 Å². The van der Waals surface area contributed by atoms with E-state index in [1.54, 1.807) is 0 Å². The van der Waals surface area contributed by atoms with Gasteiger partial charge in [-0.05, 0) is 77.7 Å². The Labute approximate surface area is 118 Å². The average Bonchev–Trinajstić information content (AvgIpc) is 3.27. The summed E-state index contributed by atoms with van der Waals surface area (Å²) in [4.78, 5) is 5.36. The van der Waals surface area contributed by atoms with Gasteiger partial charge in [-0.1, -0.05) is 6.92 Å². The quantitative estimate of drug-likeness (QED) is 0.821. The molecular formula is C16H31N3. The van der Waals surface area contributed by atoms with Crippen molar-refractivity contribution in [3.63, 3.8) is 0 Å². The molecular weight excluding hydrogens is 234 g/mol. The predicted octanol–water partition coefficient (Wildman–Crippen LogP) is 2.08. The summed E-state index contributed by atoms with van der Waals surface area (Å²) < 4.78 is 0. The molecule has 19 heavy (non-hydrogen) atoms. The zero-order valence-corrected chi connectivity index (χ0v) is 12.6. The van der Waals surface area contributed by atoms with Crippen LogP contribution in [0.2, 0.25) is 0 Å². The summed E-state index contributed by atoms with van der Waals surface area (Å²) in [6.45, 7) is 8.90. The topological polar surface area (TPSA) is 18.5 Å². The minimum absolute atomic E-state index is 0.797. The molecule has 0 radical (unpaired) electrons. The van der Waals surface area contributed by atoms with Gasteiger partial charge >= 0.3 is 0 Å². The first-order valence-corrected chi connectivity index (χ1v) is 8.57. The second kappa shape index (κ2) is 6.55. The maximum atomic E-state index is 3.95. The Morgan fingerprint density at radius 2 is 1.42 bits per heavy atom. The molecule has 3 rings (SSSR count). The molecule has 0 unspecified atom stereocenters. The minimum Gasteiger partial charge on any atom is -0.311 e. The molecule has 0 aromatic carbocycles. The number of nitrogens with zero attached hydrogens (tertiary/aromatic N) is 2. The van der Waals surface area contributed by atoms with Gasteiger partial charge in [0.25, 0.3) is 0 Å². The first-order chi connectivity index (χ1) is 9.35. The van der Waals surface area contributed by atoms with Gasteiger partial charge in [-0.25, -0.2) is 0 Å². The number of hydrogen-bond acceptors (Lipinski definition) is 3. The summed E-state index contributed by atoms with van der Waals surface area (Å²) in [6.07, 6.45) is 9.72. The van der Waals surface area contributed by atoms with E-state index in [0.717, 1.165) is 18.1 Å². The molecule has 0 spiro atoms. The normalized spacial score (nSPS) is 28.9. The molecule has 3 nitrogen and oxygen atoms in total. The second-order valence-electron chi connectivity index (χ2n) is 6.82. The summed E-state index contributed by atoms with van der Waals surface area (Å²) in [6, 6.07) is 2.57. The van der Waals surface area contributed by atoms with Crippen molar-refractivity contribution < 1.29 is 0 Å². The van der Waals surface area contributed by atoms with E-state index in [2.05, 4.69) is 22.0 Å². The van der Waals surface area contributed by atoms with Crippen molar-refractivity contribution >= 4 is 0 Å². The van der Waals surface area contributed by atoms with Gasteiger partial charge in [0.1, 0.15) is 0 Å². The average molecular weight is 265 g/mol. The van der Waals surface area contributed by atoms with Gasteiger partial charge in [0.15, 0.2) is 0 Å². The lowest BCUT2D eigenvalue weighted by Crippen LogP contribution is -2.50. The Kier molecular flexibility index (Phi) is 4.78. The highest BCUT2D eigenvalue weighted by atomic mass is 15.2. The van der Waals surface area contributed by atoms with Gasteiger partial charge in [0, 0.05) is 18.1 Å². The highest BCUT2D eigenvalue weighted by Gasteiger charge is 2.32. The Hall–Kier alpha value is -0.120. The van der Waals surface area contributed by atoms with Crippen LogP contribution in [0.1, 0.15) is 51.9 Å². The molecule has 0 aromatic heterocycles. The van der Waals surface area contributed by atoms with E-state index in [1.807, 2.05) is 0 Å². The van der Waals surface area contributed by atoms with Crippen molar-refractivity contribution in [3.8, 4) is 0 Å². The summed E-state index contributed by atoms with van der Waals surface area (Å²) in [5.41, 5.74) is 0. The van der Waals surface area contributed by atoms with E-state index in [-0.39, 0.29) is 0 Å². The second-order valence-corrected chi connectivity index (χ2v) is 6.82. The van der Waals surface area contributed by atoms with Gasteiger partial charge < -0.3 is 15.1 Å². The zero-order valence-electron chi connectivity index (χ0n) is 12.6. The number of hydrogen-bond donors (Lipinski definition) is 1. The van der Waals surface area contributed by atoms with Crippen molar-refractivity contribution in [1.29, 1.82) is 0 Å². The molecule has 0 atom stereocenters. The van der Waals surface area contributed by atoms with Crippen molar-refractivity contribution in [1.82, 2.24) is 15.1 Å². The van der Waals surface area contributed by atoms with Gasteiger partial charge in [0.05, 0.1) is 0 Å². The summed E-state index contributed by atoms with van der Waals surface area (Å²) >= 11 is 0. The van der Waals surface area contributed by atoms with Crippen LogP contribution in [0.25, 0.3) is 0 Å². The molecule has 3 heteroatoms. The van der Waals surface area contributed by atoms with Gasteiger partial charge in [-0.3, -0.25) is 0 Å². The fourth-order valence-electron chi connectivity index (χ4n) is 3.84. The molecule has 2 aliphatic heterocycles. The molecule has 0 aromatic rings. The molecule has 110 valence electrons. The fourth-order valence-corrected chi connectivity index (χ4v) is 3.84. The van der Waals surface area contributed by atoms with Crippen LogP contribution in [0, 0.1) is 0 Å². The molecule has 1 aliphatic carbocycles. The minimum atomic E-state index is 0.797. The van der Waals surface area contributed by atoms with Crippen LogP contribution < -0.4 is 5.32 Å². The Morgan fingerprint density at radius 1 is 0.842 bits per heavy atom. The fraction of sp³-hybridized carbons (Fsp3) is 1.00. The van der Waals surface area contributed by atoms with Crippen molar-refractivity contribution in [2.45, 2.75) is 70.0 Å². The van der Waals surface area contributed by atoms with E-state index in [1.165, 1.54) is 77.7 Å². The first-order valence-electron chi connectivity index (χ1n) is 8.57. The van der Waals surface area contributed by atoms with Gasteiger partial charge in [-0.15, -0.1) is 0 Å². The number of nitrogens with one attached hydrogen (secondary N) is 1. The molecule has 1 N–H and O–H groups in total. The summed E-state index contributed by atoms with van der Waals surface area (Å²) in [5, 5.41) is 3.95. The van der Waals surface area contributed by atoms with Crippen molar-refractivity contribution in [3.05, 3.63) is 0 Å². The Balaban J connectivity index is 1.34. The van der Waals surface area contributed by atoms with E-state index in [4.69, 9.17) is 0 Å². The van der Waals surface area contributed by atoms with Gasteiger partial charge in [-0.2, -0.15) is 0 Å². The first kappa shape index (κ1) is 13.8. The molecule has 3 fully saturated rings. The van der Waals surface area contributed by atoms with E-state index in [9.17, 15) is 0 Å². The van der Waals surface area contributed by atoms with E-state index in [0.29, 0.717) is 0 Å². The van der Waals surface area contributed by atoms with E-state index >= 15 is 0 Å². The lowest BCUT2D eigenvalue weighted by molar-refractivity contribution is 0.155. The summed E-state index contributed by atoms with van der Waals surface area (Å²) in [7, 11) is 0.